The Morgan fingerprint density at radius 2 is 2.00 bits per heavy atom. The third-order valence-corrected chi connectivity index (χ3v) is 2.05. The fourth-order valence-electron chi connectivity index (χ4n) is 0.883. The van der Waals surface area contributed by atoms with Crippen LogP contribution in [0.25, 0.3) is 0 Å². The molecule has 0 aromatic heterocycles. The minimum atomic E-state index is -0.476. The lowest BCUT2D eigenvalue weighted by Gasteiger charge is -2.07. The first kappa shape index (κ1) is 9.13. The second-order valence-electron chi connectivity index (χ2n) is 2.34. The lowest BCUT2D eigenvalue weighted by atomic mass is 10.1. The van der Waals surface area contributed by atoms with Gasteiger partial charge in [-0.15, -0.1) is 0 Å². The van der Waals surface area contributed by atoms with E-state index < -0.39 is 5.25 Å². The third kappa shape index (κ3) is 2.01. The number of hydrogen-bond acceptors (Lipinski definition) is 3. The van der Waals surface area contributed by atoms with Crippen molar-refractivity contribution in [2.75, 3.05) is 7.11 Å². The molecule has 1 aromatic rings. The maximum atomic E-state index is 11.0. The summed E-state index contributed by atoms with van der Waals surface area (Å²) in [4.78, 5) is 11.0. The smallest absolute Gasteiger partial charge is 0.323 e. The summed E-state index contributed by atoms with van der Waals surface area (Å²) in [5.41, 5.74) is 0.854. The van der Waals surface area contributed by atoms with Gasteiger partial charge in [0.25, 0.3) is 0 Å². The van der Waals surface area contributed by atoms with E-state index in [2.05, 4.69) is 17.4 Å². The number of carbonyl (C=O) groups excluding carboxylic acids is 1. The number of esters is 1. The zero-order valence-corrected chi connectivity index (χ0v) is 7.62. The van der Waals surface area contributed by atoms with Crippen molar-refractivity contribution in [1.29, 1.82) is 0 Å². The van der Waals surface area contributed by atoms with Gasteiger partial charge in [-0.25, -0.2) is 0 Å². The Morgan fingerprint density at radius 1 is 1.42 bits per heavy atom. The van der Waals surface area contributed by atoms with Crippen LogP contribution in [0.4, 0.5) is 0 Å². The highest BCUT2D eigenvalue weighted by molar-refractivity contribution is 7.81. The van der Waals surface area contributed by atoms with Crippen LogP contribution >= 0.6 is 12.6 Å². The van der Waals surface area contributed by atoms with Crippen LogP contribution < -0.4 is 0 Å². The van der Waals surface area contributed by atoms with Crippen LogP contribution in [-0.4, -0.2) is 13.1 Å². The molecule has 0 amide bonds. The van der Waals surface area contributed by atoms with Gasteiger partial charge in [0.05, 0.1) is 7.11 Å². The van der Waals surface area contributed by atoms with Gasteiger partial charge in [-0.05, 0) is 5.56 Å². The molecule has 0 radical (unpaired) electrons. The predicted octanol–water partition coefficient (Wildman–Crippen LogP) is 1.83. The lowest BCUT2D eigenvalue weighted by molar-refractivity contribution is -0.140. The Balaban J connectivity index is 2.78. The van der Waals surface area contributed by atoms with Gasteiger partial charge in [0, 0.05) is 0 Å². The SMILES string of the molecule is COC(=O)C(S)c1ccccc1. The molecule has 1 aromatic carbocycles. The summed E-state index contributed by atoms with van der Waals surface area (Å²) < 4.78 is 4.55. The Kier molecular flexibility index (Phi) is 3.17. The first-order chi connectivity index (χ1) is 5.75. The van der Waals surface area contributed by atoms with Gasteiger partial charge >= 0.3 is 5.97 Å². The fourth-order valence-corrected chi connectivity index (χ4v) is 1.16. The van der Waals surface area contributed by atoms with Gasteiger partial charge in [-0.3, -0.25) is 4.79 Å². The molecule has 1 atom stereocenters. The van der Waals surface area contributed by atoms with Crippen molar-refractivity contribution < 1.29 is 9.53 Å². The van der Waals surface area contributed by atoms with E-state index in [4.69, 9.17) is 0 Å². The molecule has 3 heteroatoms. The van der Waals surface area contributed by atoms with Gasteiger partial charge in [0.2, 0.25) is 0 Å². The van der Waals surface area contributed by atoms with E-state index >= 15 is 0 Å². The molecule has 0 aliphatic rings. The molecule has 0 heterocycles. The highest BCUT2D eigenvalue weighted by Crippen LogP contribution is 2.20. The highest BCUT2D eigenvalue weighted by Gasteiger charge is 2.15. The standard InChI is InChI=1S/C9H10O2S/c1-11-9(10)8(12)7-5-3-2-4-6-7/h2-6,8,12H,1H3. The normalized spacial score (nSPS) is 12.2. The summed E-state index contributed by atoms with van der Waals surface area (Å²) in [7, 11) is 1.36. The molecule has 0 aliphatic heterocycles. The van der Waals surface area contributed by atoms with E-state index in [0.717, 1.165) is 5.56 Å². The molecule has 0 saturated heterocycles. The summed E-state index contributed by atoms with van der Waals surface area (Å²) in [6.45, 7) is 0. The first-order valence-corrected chi connectivity index (χ1v) is 4.08. The van der Waals surface area contributed by atoms with Crippen LogP contribution in [0.2, 0.25) is 0 Å². The van der Waals surface area contributed by atoms with E-state index in [9.17, 15) is 4.79 Å². The van der Waals surface area contributed by atoms with E-state index in [1.165, 1.54) is 7.11 Å². The number of methoxy groups -OCH3 is 1. The van der Waals surface area contributed by atoms with Gasteiger partial charge < -0.3 is 4.74 Å². The second kappa shape index (κ2) is 4.16. The first-order valence-electron chi connectivity index (χ1n) is 3.56. The van der Waals surface area contributed by atoms with Gasteiger partial charge in [-0.1, -0.05) is 30.3 Å². The average molecular weight is 182 g/mol. The van der Waals surface area contributed by atoms with Crippen LogP contribution in [0.3, 0.4) is 0 Å². The molecule has 0 fully saturated rings. The predicted molar refractivity (Wildman–Crippen MR) is 50.2 cm³/mol. The number of thiol groups is 1. The van der Waals surface area contributed by atoms with Crippen molar-refractivity contribution >= 4 is 18.6 Å². The summed E-state index contributed by atoms with van der Waals surface area (Å²) in [6, 6.07) is 9.30. The molecular formula is C9H10O2S. The van der Waals surface area contributed by atoms with Crippen LogP contribution in [0.1, 0.15) is 10.8 Å². The molecular weight excluding hydrogens is 172 g/mol. The molecule has 1 rings (SSSR count). The van der Waals surface area contributed by atoms with Crippen molar-refractivity contribution in [2.45, 2.75) is 5.25 Å². The number of benzene rings is 1. The Bertz CT molecular complexity index is 258. The van der Waals surface area contributed by atoms with E-state index in [1.54, 1.807) is 0 Å². The summed E-state index contributed by atoms with van der Waals surface area (Å²) >= 11 is 4.12. The van der Waals surface area contributed by atoms with Crippen molar-refractivity contribution in [3.8, 4) is 0 Å². The number of ether oxygens (including phenoxy) is 1. The minimum Gasteiger partial charge on any atom is -0.468 e. The van der Waals surface area contributed by atoms with Crippen LogP contribution in [0.15, 0.2) is 30.3 Å². The molecule has 0 N–H and O–H groups in total. The molecule has 0 bridgehead atoms. The molecule has 64 valence electrons. The van der Waals surface area contributed by atoms with E-state index in [1.807, 2.05) is 30.3 Å². The Hall–Kier alpha value is -0.960. The summed E-state index contributed by atoms with van der Waals surface area (Å²) in [6.07, 6.45) is 0. The van der Waals surface area contributed by atoms with Crippen LogP contribution in [0.5, 0.6) is 0 Å². The van der Waals surface area contributed by atoms with Crippen LogP contribution in [-0.2, 0) is 9.53 Å². The van der Waals surface area contributed by atoms with Crippen molar-refractivity contribution in [3.05, 3.63) is 35.9 Å². The number of rotatable bonds is 2. The lowest BCUT2D eigenvalue weighted by Crippen LogP contribution is -2.08. The molecule has 2 nitrogen and oxygen atoms in total. The quantitative estimate of drug-likeness (QED) is 0.558. The van der Waals surface area contributed by atoms with Gasteiger partial charge in [0.1, 0.15) is 5.25 Å². The maximum absolute atomic E-state index is 11.0. The third-order valence-electron chi connectivity index (χ3n) is 1.54. The highest BCUT2D eigenvalue weighted by atomic mass is 32.1. The van der Waals surface area contributed by atoms with E-state index in [-0.39, 0.29) is 5.97 Å². The second-order valence-corrected chi connectivity index (χ2v) is 2.85. The topological polar surface area (TPSA) is 26.3 Å². The largest absolute Gasteiger partial charge is 0.468 e. The van der Waals surface area contributed by atoms with Gasteiger partial charge in [0.15, 0.2) is 0 Å². The van der Waals surface area contributed by atoms with Crippen molar-refractivity contribution in [1.82, 2.24) is 0 Å². The van der Waals surface area contributed by atoms with Crippen LogP contribution in [0, 0.1) is 0 Å². The van der Waals surface area contributed by atoms with Crippen molar-refractivity contribution in [2.24, 2.45) is 0 Å². The molecule has 0 spiro atoms. The molecule has 1 unspecified atom stereocenters. The Labute approximate surface area is 77.0 Å². The summed E-state index contributed by atoms with van der Waals surface area (Å²) in [5, 5.41) is -0.476. The minimum absolute atomic E-state index is 0.329. The zero-order chi connectivity index (χ0) is 8.97. The van der Waals surface area contributed by atoms with E-state index in [0.29, 0.717) is 0 Å². The monoisotopic (exact) mass is 182 g/mol. The van der Waals surface area contributed by atoms with Gasteiger partial charge in [-0.2, -0.15) is 12.6 Å². The number of carbonyl (C=O) groups is 1. The summed E-state index contributed by atoms with van der Waals surface area (Å²) in [5.74, 6) is -0.329. The fraction of sp³-hybridized carbons (Fsp3) is 0.222. The maximum Gasteiger partial charge on any atom is 0.323 e. The number of hydrogen-bond donors (Lipinski definition) is 1. The van der Waals surface area contributed by atoms with Crippen molar-refractivity contribution in [3.63, 3.8) is 0 Å². The molecule has 12 heavy (non-hydrogen) atoms. The average Bonchev–Trinajstić information content (AvgIpc) is 2.17. The Morgan fingerprint density at radius 3 is 2.50 bits per heavy atom. The molecule has 0 saturated carbocycles. The zero-order valence-electron chi connectivity index (χ0n) is 6.73. The molecule has 0 aliphatic carbocycles.